The van der Waals surface area contributed by atoms with Gasteiger partial charge < -0.3 is 10.2 Å². The molecule has 7 heteroatoms. The number of fused-ring (bicyclic) bond motifs is 1. The standard InChI is InChI=1S/C25H24N6O/c1-17-14-18(2)31(29-17)23-10-9-19(15-27-23)16-28-24-21(7-5-12-26-24)25(32)30-13-11-20-6-3-4-8-22(20)30/h3-10,12,14-15H,11,13,16H2,1-2H3,(H,26,28). The van der Waals surface area contributed by atoms with Gasteiger partial charge in [0.1, 0.15) is 5.82 Å². The normalized spacial score (nSPS) is 12.6. The number of aryl methyl sites for hydroxylation is 2. The van der Waals surface area contributed by atoms with Gasteiger partial charge in [-0.2, -0.15) is 5.10 Å². The number of rotatable bonds is 5. The lowest BCUT2D eigenvalue weighted by Crippen LogP contribution is -2.29. The monoisotopic (exact) mass is 424 g/mol. The molecule has 1 aromatic carbocycles. The average molecular weight is 425 g/mol. The highest BCUT2D eigenvalue weighted by Crippen LogP contribution is 2.30. The van der Waals surface area contributed by atoms with Gasteiger partial charge in [-0.25, -0.2) is 14.6 Å². The summed E-state index contributed by atoms with van der Waals surface area (Å²) in [5.74, 6) is 1.31. The second-order valence-corrected chi connectivity index (χ2v) is 7.95. The minimum absolute atomic E-state index is 0.0384. The quantitative estimate of drug-likeness (QED) is 0.522. The van der Waals surface area contributed by atoms with Crippen LogP contribution in [0.25, 0.3) is 5.82 Å². The molecule has 32 heavy (non-hydrogen) atoms. The number of hydrogen-bond donors (Lipinski definition) is 1. The molecule has 3 aromatic heterocycles. The summed E-state index contributed by atoms with van der Waals surface area (Å²) in [6.45, 7) is 5.17. The van der Waals surface area contributed by atoms with Gasteiger partial charge in [-0.05, 0) is 61.7 Å². The Balaban J connectivity index is 1.32. The van der Waals surface area contributed by atoms with Crippen LogP contribution in [0.2, 0.25) is 0 Å². The predicted octanol–water partition coefficient (Wildman–Crippen LogP) is 4.09. The number of pyridine rings is 2. The van der Waals surface area contributed by atoms with Crippen molar-refractivity contribution in [3.05, 3.63) is 95.1 Å². The van der Waals surface area contributed by atoms with E-state index in [-0.39, 0.29) is 5.91 Å². The Morgan fingerprint density at radius 2 is 1.94 bits per heavy atom. The number of amides is 1. The minimum Gasteiger partial charge on any atom is -0.365 e. The number of aromatic nitrogens is 4. The molecule has 0 saturated carbocycles. The molecule has 1 aliphatic rings. The predicted molar refractivity (Wildman–Crippen MR) is 124 cm³/mol. The number of carbonyl (C=O) groups is 1. The molecule has 0 saturated heterocycles. The van der Waals surface area contributed by atoms with Gasteiger partial charge in [0.15, 0.2) is 5.82 Å². The highest BCUT2D eigenvalue weighted by Gasteiger charge is 2.27. The zero-order valence-electron chi connectivity index (χ0n) is 18.1. The molecule has 0 bridgehead atoms. The number of nitrogens with zero attached hydrogens (tertiary/aromatic N) is 5. The van der Waals surface area contributed by atoms with Crippen molar-refractivity contribution in [2.45, 2.75) is 26.8 Å². The Morgan fingerprint density at radius 1 is 1.06 bits per heavy atom. The van der Waals surface area contributed by atoms with Gasteiger partial charge in [0.25, 0.3) is 5.91 Å². The van der Waals surface area contributed by atoms with E-state index in [9.17, 15) is 4.79 Å². The van der Waals surface area contributed by atoms with Crippen molar-refractivity contribution in [3.63, 3.8) is 0 Å². The SMILES string of the molecule is Cc1cc(C)n(-c2ccc(CNc3ncccc3C(=O)N3CCc4ccccc43)cn2)n1. The van der Waals surface area contributed by atoms with Crippen LogP contribution in [0, 0.1) is 13.8 Å². The fourth-order valence-corrected chi connectivity index (χ4v) is 4.11. The van der Waals surface area contributed by atoms with Gasteiger partial charge in [-0.15, -0.1) is 0 Å². The third-order valence-electron chi connectivity index (χ3n) is 5.67. The molecule has 0 radical (unpaired) electrons. The van der Waals surface area contributed by atoms with Crippen molar-refractivity contribution in [1.29, 1.82) is 0 Å². The highest BCUT2D eigenvalue weighted by molar-refractivity contribution is 6.10. The summed E-state index contributed by atoms with van der Waals surface area (Å²) in [7, 11) is 0. The number of benzene rings is 1. The number of para-hydroxylation sites is 1. The molecule has 1 aliphatic heterocycles. The van der Waals surface area contributed by atoms with E-state index in [1.165, 1.54) is 5.56 Å². The van der Waals surface area contributed by atoms with E-state index >= 15 is 0 Å². The molecule has 0 atom stereocenters. The van der Waals surface area contributed by atoms with E-state index in [1.807, 2.05) is 72.1 Å². The molecule has 0 fully saturated rings. The van der Waals surface area contributed by atoms with E-state index < -0.39 is 0 Å². The Hall–Kier alpha value is -4.00. The van der Waals surface area contributed by atoms with Crippen LogP contribution >= 0.6 is 0 Å². The average Bonchev–Trinajstić information content (AvgIpc) is 3.40. The smallest absolute Gasteiger partial charge is 0.262 e. The maximum absolute atomic E-state index is 13.3. The third-order valence-corrected chi connectivity index (χ3v) is 5.67. The van der Waals surface area contributed by atoms with Crippen molar-refractivity contribution >= 4 is 17.4 Å². The summed E-state index contributed by atoms with van der Waals surface area (Å²) < 4.78 is 1.83. The number of carbonyl (C=O) groups excluding carboxylic acids is 1. The lowest BCUT2D eigenvalue weighted by atomic mass is 10.1. The number of nitrogens with one attached hydrogen (secondary N) is 1. The molecule has 5 rings (SSSR count). The van der Waals surface area contributed by atoms with Crippen LogP contribution in [0.1, 0.15) is 32.9 Å². The van der Waals surface area contributed by atoms with Crippen molar-refractivity contribution in [3.8, 4) is 5.82 Å². The summed E-state index contributed by atoms with van der Waals surface area (Å²) >= 11 is 0. The van der Waals surface area contributed by atoms with Crippen molar-refractivity contribution < 1.29 is 4.79 Å². The Bertz CT molecular complexity index is 1280. The lowest BCUT2D eigenvalue weighted by Gasteiger charge is -2.19. The van der Waals surface area contributed by atoms with Gasteiger partial charge in [-0.1, -0.05) is 24.3 Å². The highest BCUT2D eigenvalue weighted by atomic mass is 16.2. The maximum Gasteiger partial charge on any atom is 0.262 e. The summed E-state index contributed by atoms with van der Waals surface area (Å²) in [4.78, 5) is 24.1. The van der Waals surface area contributed by atoms with E-state index in [1.54, 1.807) is 12.3 Å². The van der Waals surface area contributed by atoms with Crippen LogP contribution in [-0.4, -0.2) is 32.2 Å². The van der Waals surface area contributed by atoms with E-state index in [2.05, 4.69) is 26.4 Å². The van der Waals surface area contributed by atoms with Crippen molar-refractivity contribution in [2.24, 2.45) is 0 Å². The van der Waals surface area contributed by atoms with Gasteiger partial charge >= 0.3 is 0 Å². The molecule has 7 nitrogen and oxygen atoms in total. The minimum atomic E-state index is -0.0384. The summed E-state index contributed by atoms with van der Waals surface area (Å²) in [6, 6.07) is 17.7. The van der Waals surface area contributed by atoms with Crippen LogP contribution < -0.4 is 10.2 Å². The summed E-state index contributed by atoms with van der Waals surface area (Å²) in [5.41, 5.74) is 5.75. The van der Waals surface area contributed by atoms with Crippen LogP contribution in [0.15, 0.2) is 67.0 Å². The van der Waals surface area contributed by atoms with Crippen LogP contribution in [0.4, 0.5) is 11.5 Å². The van der Waals surface area contributed by atoms with Crippen LogP contribution in [0.5, 0.6) is 0 Å². The molecule has 1 N–H and O–H groups in total. The van der Waals surface area contributed by atoms with Gasteiger partial charge in [0.2, 0.25) is 0 Å². The van der Waals surface area contributed by atoms with Crippen molar-refractivity contribution in [1.82, 2.24) is 19.7 Å². The number of anilines is 2. The zero-order chi connectivity index (χ0) is 22.1. The van der Waals surface area contributed by atoms with E-state index in [0.29, 0.717) is 24.5 Å². The van der Waals surface area contributed by atoms with Crippen LogP contribution in [0.3, 0.4) is 0 Å². The Kier molecular flexibility index (Phi) is 5.15. The number of hydrogen-bond acceptors (Lipinski definition) is 5. The van der Waals surface area contributed by atoms with Crippen molar-refractivity contribution in [2.75, 3.05) is 16.8 Å². The maximum atomic E-state index is 13.3. The van der Waals surface area contributed by atoms with Gasteiger partial charge in [0, 0.05) is 36.9 Å². The molecule has 4 heterocycles. The van der Waals surface area contributed by atoms with Crippen LogP contribution in [-0.2, 0) is 13.0 Å². The van der Waals surface area contributed by atoms with E-state index in [4.69, 9.17) is 0 Å². The first-order valence-electron chi connectivity index (χ1n) is 10.7. The summed E-state index contributed by atoms with van der Waals surface area (Å²) in [6.07, 6.45) is 4.39. The lowest BCUT2D eigenvalue weighted by molar-refractivity contribution is 0.0990. The second-order valence-electron chi connectivity index (χ2n) is 7.95. The fourth-order valence-electron chi connectivity index (χ4n) is 4.11. The molecule has 1 amide bonds. The fraction of sp³-hybridized carbons (Fsp3) is 0.200. The molecule has 4 aromatic rings. The molecule has 0 spiro atoms. The van der Waals surface area contributed by atoms with Gasteiger partial charge in [-0.3, -0.25) is 4.79 Å². The Morgan fingerprint density at radius 3 is 2.72 bits per heavy atom. The first-order chi connectivity index (χ1) is 15.6. The first-order valence-corrected chi connectivity index (χ1v) is 10.7. The molecular formula is C25H24N6O. The topological polar surface area (TPSA) is 75.9 Å². The third kappa shape index (κ3) is 3.73. The largest absolute Gasteiger partial charge is 0.365 e. The Labute approximate surface area is 186 Å². The summed E-state index contributed by atoms with van der Waals surface area (Å²) in [5, 5.41) is 7.79. The second kappa shape index (κ2) is 8.26. The van der Waals surface area contributed by atoms with E-state index in [0.717, 1.165) is 34.9 Å². The molecule has 0 aliphatic carbocycles. The molecular weight excluding hydrogens is 400 g/mol. The zero-order valence-corrected chi connectivity index (χ0v) is 18.1. The molecule has 0 unspecified atom stereocenters. The van der Waals surface area contributed by atoms with Gasteiger partial charge in [0.05, 0.1) is 11.3 Å². The first kappa shape index (κ1) is 19.9. The molecule has 160 valence electrons.